The van der Waals surface area contributed by atoms with E-state index in [-0.39, 0.29) is 5.91 Å². The lowest BCUT2D eigenvalue weighted by molar-refractivity contribution is -0.131. The minimum atomic E-state index is 0.226. The number of rotatable bonds is 10. The largest absolute Gasteiger partial charge is 0.379 e. The number of amides is 1. The standard InChI is InChI=1S/C29H34N4O2S/c1-23-7-10-25(11-8-23)27-21-33-26(22-36-29(33)30-27)13-14-32(16-15-31-17-19-35-20-18-31)28(34)12-9-24-5-3-2-4-6-24/h2-8,10-11,21-22H,9,12-20H2,1H3. The van der Waals surface area contributed by atoms with Crippen LogP contribution in [0.15, 0.2) is 66.2 Å². The van der Waals surface area contributed by atoms with Gasteiger partial charge in [0, 0.05) is 68.4 Å². The van der Waals surface area contributed by atoms with Gasteiger partial charge in [-0.15, -0.1) is 11.3 Å². The van der Waals surface area contributed by atoms with E-state index < -0.39 is 0 Å². The number of carbonyl (C=O) groups is 1. The van der Waals surface area contributed by atoms with E-state index in [1.54, 1.807) is 11.3 Å². The summed E-state index contributed by atoms with van der Waals surface area (Å²) in [6.07, 6.45) is 4.25. The molecule has 4 aromatic rings. The number of hydrogen-bond acceptors (Lipinski definition) is 5. The second-order valence-corrected chi connectivity index (χ2v) is 10.3. The van der Waals surface area contributed by atoms with Crippen molar-refractivity contribution >= 4 is 22.2 Å². The van der Waals surface area contributed by atoms with Crippen LogP contribution in [0.1, 0.15) is 23.2 Å². The number of aryl methyl sites for hydroxylation is 2. The van der Waals surface area contributed by atoms with Crippen LogP contribution in [0.5, 0.6) is 0 Å². The predicted molar refractivity (Wildman–Crippen MR) is 146 cm³/mol. The lowest BCUT2D eigenvalue weighted by Crippen LogP contribution is -2.43. The maximum atomic E-state index is 13.3. The molecule has 1 aliphatic heterocycles. The molecule has 1 fully saturated rings. The van der Waals surface area contributed by atoms with E-state index in [1.165, 1.54) is 16.8 Å². The van der Waals surface area contributed by atoms with Gasteiger partial charge in [-0.25, -0.2) is 4.98 Å². The Bertz CT molecular complexity index is 1260. The maximum Gasteiger partial charge on any atom is 0.222 e. The number of morpholine rings is 1. The molecule has 0 saturated carbocycles. The number of nitrogens with zero attached hydrogens (tertiary/aromatic N) is 4. The molecule has 3 heterocycles. The molecule has 36 heavy (non-hydrogen) atoms. The summed E-state index contributed by atoms with van der Waals surface area (Å²) < 4.78 is 7.68. The fourth-order valence-electron chi connectivity index (χ4n) is 4.62. The van der Waals surface area contributed by atoms with Crippen LogP contribution in [-0.4, -0.2) is 71.0 Å². The Morgan fingerprint density at radius 2 is 1.81 bits per heavy atom. The van der Waals surface area contributed by atoms with Crippen molar-refractivity contribution in [1.29, 1.82) is 0 Å². The number of ether oxygens (including phenoxy) is 1. The summed E-state index contributed by atoms with van der Waals surface area (Å²) in [6, 6.07) is 18.8. The Morgan fingerprint density at radius 3 is 2.58 bits per heavy atom. The van der Waals surface area contributed by atoms with Crippen LogP contribution in [0, 0.1) is 6.92 Å². The summed E-state index contributed by atoms with van der Waals surface area (Å²) in [4.78, 5) is 23.6. The van der Waals surface area contributed by atoms with E-state index in [2.05, 4.69) is 69.1 Å². The first-order valence-electron chi connectivity index (χ1n) is 12.8. The predicted octanol–water partition coefficient (Wildman–Crippen LogP) is 4.71. The first-order valence-corrected chi connectivity index (χ1v) is 13.7. The molecule has 0 atom stereocenters. The third-order valence-corrected chi connectivity index (χ3v) is 7.77. The monoisotopic (exact) mass is 502 g/mol. The molecule has 1 saturated heterocycles. The summed E-state index contributed by atoms with van der Waals surface area (Å²) in [5.74, 6) is 0.226. The average Bonchev–Trinajstić information content (AvgIpc) is 3.50. The Balaban J connectivity index is 1.26. The fraction of sp³-hybridized carbons (Fsp3) is 0.379. The number of carbonyl (C=O) groups excluding carboxylic acids is 1. The van der Waals surface area contributed by atoms with Gasteiger partial charge in [-0.3, -0.25) is 14.1 Å². The van der Waals surface area contributed by atoms with Crippen molar-refractivity contribution in [3.05, 3.63) is 83.0 Å². The highest BCUT2D eigenvalue weighted by molar-refractivity contribution is 7.15. The molecule has 1 aliphatic rings. The molecule has 6 nitrogen and oxygen atoms in total. The minimum absolute atomic E-state index is 0.226. The topological polar surface area (TPSA) is 50.1 Å². The molecule has 0 radical (unpaired) electrons. The minimum Gasteiger partial charge on any atom is -0.379 e. The van der Waals surface area contributed by atoms with Gasteiger partial charge in [0.1, 0.15) is 0 Å². The molecule has 0 spiro atoms. The zero-order valence-corrected chi connectivity index (χ0v) is 21.8. The summed E-state index contributed by atoms with van der Waals surface area (Å²) in [5.41, 5.74) is 5.78. The molecule has 2 aromatic heterocycles. The van der Waals surface area contributed by atoms with Crippen LogP contribution in [0.3, 0.4) is 0 Å². The number of fused-ring (bicyclic) bond motifs is 1. The Kier molecular flexibility index (Phi) is 8.11. The normalized spacial score (nSPS) is 14.4. The van der Waals surface area contributed by atoms with Crippen molar-refractivity contribution in [3.8, 4) is 11.3 Å². The van der Waals surface area contributed by atoms with E-state index >= 15 is 0 Å². The molecular formula is C29H34N4O2S. The molecule has 7 heteroatoms. The number of hydrogen-bond donors (Lipinski definition) is 0. The van der Waals surface area contributed by atoms with Crippen LogP contribution in [0.25, 0.3) is 16.2 Å². The van der Waals surface area contributed by atoms with E-state index in [0.29, 0.717) is 13.0 Å². The summed E-state index contributed by atoms with van der Waals surface area (Å²) >= 11 is 1.66. The van der Waals surface area contributed by atoms with Crippen molar-refractivity contribution < 1.29 is 9.53 Å². The van der Waals surface area contributed by atoms with Gasteiger partial charge in [0.25, 0.3) is 0 Å². The molecule has 0 unspecified atom stereocenters. The zero-order chi connectivity index (χ0) is 24.7. The lowest BCUT2D eigenvalue weighted by Gasteiger charge is -2.30. The van der Waals surface area contributed by atoms with E-state index in [9.17, 15) is 4.79 Å². The van der Waals surface area contributed by atoms with Crippen molar-refractivity contribution in [2.24, 2.45) is 0 Å². The molecule has 0 bridgehead atoms. The Labute approximate surface area is 217 Å². The van der Waals surface area contributed by atoms with Gasteiger partial charge in [0.05, 0.1) is 18.9 Å². The second kappa shape index (κ2) is 11.8. The third kappa shape index (κ3) is 6.22. The Hall–Kier alpha value is -3.00. The molecule has 1 amide bonds. The number of imidazole rings is 1. The third-order valence-electron chi connectivity index (χ3n) is 6.88. The van der Waals surface area contributed by atoms with Crippen molar-refractivity contribution in [2.75, 3.05) is 45.9 Å². The first-order chi connectivity index (χ1) is 17.7. The van der Waals surface area contributed by atoms with Gasteiger partial charge in [0.15, 0.2) is 4.96 Å². The van der Waals surface area contributed by atoms with Gasteiger partial charge >= 0.3 is 0 Å². The zero-order valence-electron chi connectivity index (χ0n) is 20.9. The van der Waals surface area contributed by atoms with Crippen LogP contribution >= 0.6 is 11.3 Å². The lowest BCUT2D eigenvalue weighted by atomic mass is 10.1. The van der Waals surface area contributed by atoms with E-state index in [4.69, 9.17) is 9.72 Å². The van der Waals surface area contributed by atoms with E-state index in [0.717, 1.165) is 68.5 Å². The molecule has 5 rings (SSSR count). The number of aromatic nitrogens is 2. The highest BCUT2D eigenvalue weighted by Gasteiger charge is 2.18. The summed E-state index contributed by atoms with van der Waals surface area (Å²) in [7, 11) is 0. The molecular weight excluding hydrogens is 468 g/mol. The van der Waals surface area contributed by atoms with Gasteiger partial charge in [-0.05, 0) is 18.9 Å². The van der Waals surface area contributed by atoms with Crippen molar-refractivity contribution in [1.82, 2.24) is 19.2 Å². The Morgan fingerprint density at radius 1 is 1.03 bits per heavy atom. The van der Waals surface area contributed by atoms with Crippen molar-refractivity contribution in [3.63, 3.8) is 0 Å². The summed E-state index contributed by atoms with van der Waals surface area (Å²) in [5, 5.41) is 2.18. The highest BCUT2D eigenvalue weighted by atomic mass is 32.1. The van der Waals surface area contributed by atoms with Crippen molar-refractivity contribution in [2.45, 2.75) is 26.2 Å². The first kappa shape index (κ1) is 24.7. The number of thiazole rings is 1. The average molecular weight is 503 g/mol. The van der Waals surface area contributed by atoms with Crippen LogP contribution < -0.4 is 0 Å². The molecule has 2 aromatic carbocycles. The van der Waals surface area contributed by atoms with Crippen LogP contribution in [-0.2, 0) is 22.4 Å². The SMILES string of the molecule is Cc1ccc(-c2cn3c(CCN(CCN4CCOCC4)C(=O)CCc4ccccc4)csc3n2)cc1. The smallest absolute Gasteiger partial charge is 0.222 e. The number of benzene rings is 2. The van der Waals surface area contributed by atoms with Gasteiger partial charge in [-0.2, -0.15) is 0 Å². The quantitative estimate of drug-likeness (QED) is 0.315. The fourth-order valence-corrected chi connectivity index (χ4v) is 5.53. The molecule has 188 valence electrons. The summed E-state index contributed by atoms with van der Waals surface area (Å²) in [6.45, 7) is 7.88. The van der Waals surface area contributed by atoms with Gasteiger partial charge < -0.3 is 9.64 Å². The van der Waals surface area contributed by atoms with Crippen LogP contribution in [0.4, 0.5) is 0 Å². The molecule has 0 N–H and O–H groups in total. The maximum absolute atomic E-state index is 13.3. The van der Waals surface area contributed by atoms with Gasteiger partial charge in [-0.1, -0.05) is 60.2 Å². The van der Waals surface area contributed by atoms with Gasteiger partial charge in [0.2, 0.25) is 5.91 Å². The second-order valence-electron chi connectivity index (χ2n) is 9.44. The van der Waals surface area contributed by atoms with E-state index in [1.807, 2.05) is 18.2 Å². The highest BCUT2D eigenvalue weighted by Crippen LogP contribution is 2.24. The molecule has 0 aliphatic carbocycles. The van der Waals surface area contributed by atoms with Crippen LogP contribution in [0.2, 0.25) is 0 Å².